The number of pyridine rings is 1. The molecule has 0 saturated carbocycles. The van der Waals surface area contributed by atoms with Crippen LogP contribution < -0.4 is 0 Å². The Labute approximate surface area is 119 Å². The first kappa shape index (κ1) is 12.6. The molecule has 0 aromatic carbocycles. The van der Waals surface area contributed by atoms with E-state index in [1.54, 1.807) is 17.8 Å². The third-order valence-electron chi connectivity index (χ3n) is 3.00. The maximum absolute atomic E-state index is 9.70. The van der Waals surface area contributed by atoms with Crippen molar-refractivity contribution in [2.45, 2.75) is 13.0 Å². The second-order valence-electron chi connectivity index (χ2n) is 4.38. The first-order valence-corrected chi connectivity index (χ1v) is 7.02. The van der Waals surface area contributed by atoms with E-state index >= 15 is 0 Å². The highest BCUT2D eigenvalue weighted by molar-refractivity contribution is 7.18. The molecular formula is C13H12ClN3OS. The normalized spacial score (nSPS) is 13.1. The molecule has 0 aliphatic carbocycles. The molecule has 0 fully saturated rings. The molecule has 98 valence electrons. The van der Waals surface area contributed by atoms with Crippen molar-refractivity contribution in [2.75, 3.05) is 0 Å². The molecule has 3 aromatic rings. The predicted octanol–water partition coefficient (Wildman–Crippen LogP) is 3.40. The summed E-state index contributed by atoms with van der Waals surface area (Å²) in [5.74, 6) is 0. The summed E-state index contributed by atoms with van der Waals surface area (Å²) in [6.45, 7) is 1.75. The largest absolute Gasteiger partial charge is 0.388 e. The Bertz CT molecular complexity index is 748. The number of aliphatic hydroxyl groups excluding tert-OH is 1. The van der Waals surface area contributed by atoms with Crippen molar-refractivity contribution < 1.29 is 5.11 Å². The van der Waals surface area contributed by atoms with Crippen molar-refractivity contribution in [3.63, 3.8) is 0 Å². The molecule has 0 aliphatic heterocycles. The van der Waals surface area contributed by atoms with Gasteiger partial charge in [-0.1, -0.05) is 11.6 Å². The number of hydrogen-bond donors (Lipinski definition) is 1. The summed E-state index contributed by atoms with van der Waals surface area (Å²) in [6, 6.07) is 5.74. The van der Waals surface area contributed by atoms with Crippen molar-refractivity contribution in [1.82, 2.24) is 14.8 Å². The van der Waals surface area contributed by atoms with Gasteiger partial charge in [0.25, 0.3) is 0 Å². The highest BCUT2D eigenvalue weighted by Gasteiger charge is 2.15. The van der Waals surface area contributed by atoms with Crippen molar-refractivity contribution in [3.05, 3.63) is 34.4 Å². The minimum atomic E-state index is -0.502. The van der Waals surface area contributed by atoms with Gasteiger partial charge in [0.2, 0.25) is 0 Å². The van der Waals surface area contributed by atoms with Crippen molar-refractivity contribution in [3.8, 4) is 11.3 Å². The zero-order chi connectivity index (χ0) is 13.6. The van der Waals surface area contributed by atoms with Crippen LogP contribution in [-0.4, -0.2) is 19.9 Å². The van der Waals surface area contributed by atoms with E-state index in [4.69, 9.17) is 11.6 Å². The van der Waals surface area contributed by atoms with Gasteiger partial charge in [0.05, 0.1) is 11.8 Å². The second kappa shape index (κ2) is 4.59. The molecule has 3 aromatic heterocycles. The molecule has 4 nitrogen and oxygen atoms in total. The summed E-state index contributed by atoms with van der Waals surface area (Å²) in [5, 5.41) is 15.3. The maximum atomic E-state index is 9.70. The third kappa shape index (κ3) is 2.14. The molecule has 0 bridgehead atoms. The van der Waals surface area contributed by atoms with Crippen LogP contribution in [0.15, 0.2) is 24.4 Å². The van der Waals surface area contributed by atoms with Gasteiger partial charge in [-0.2, -0.15) is 5.10 Å². The fourth-order valence-electron chi connectivity index (χ4n) is 2.06. The lowest BCUT2D eigenvalue weighted by atomic mass is 10.1. The molecule has 1 unspecified atom stereocenters. The monoisotopic (exact) mass is 293 g/mol. The van der Waals surface area contributed by atoms with Gasteiger partial charge < -0.3 is 5.11 Å². The Hall–Kier alpha value is -1.43. The lowest BCUT2D eigenvalue weighted by Gasteiger charge is -2.04. The number of aliphatic hydroxyl groups is 1. The quantitative estimate of drug-likeness (QED) is 0.737. The molecule has 0 aliphatic rings. The van der Waals surface area contributed by atoms with Crippen LogP contribution in [0, 0.1) is 0 Å². The number of thiophene rings is 1. The van der Waals surface area contributed by atoms with E-state index in [1.807, 2.05) is 25.2 Å². The van der Waals surface area contributed by atoms with Crippen LogP contribution in [0.25, 0.3) is 21.5 Å². The van der Waals surface area contributed by atoms with Crippen LogP contribution in [0.5, 0.6) is 0 Å². The van der Waals surface area contributed by atoms with Crippen LogP contribution in [-0.2, 0) is 7.05 Å². The fourth-order valence-corrected chi connectivity index (χ4v) is 3.30. The van der Waals surface area contributed by atoms with Gasteiger partial charge in [-0.05, 0) is 25.1 Å². The van der Waals surface area contributed by atoms with E-state index in [2.05, 4.69) is 10.1 Å². The van der Waals surface area contributed by atoms with Gasteiger partial charge in [-0.15, -0.1) is 11.3 Å². The van der Waals surface area contributed by atoms with Gasteiger partial charge in [0.15, 0.2) is 0 Å². The lowest BCUT2D eigenvalue weighted by Crippen LogP contribution is -1.94. The van der Waals surface area contributed by atoms with Crippen LogP contribution in [0.1, 0.15) is 17.9 Å². The summed E-state index contributed by atoms with van der Waals surface area (Å²) in [4.78, 5) is 6.04. The Balaban J connectivity index is 2.32. The number of aryl methyl sites for hydroxylation is 1. The zero-order valence-electron chi connectivity index (χ0n) is 10.5. The number of rotatable bonds is 2. The number of hydrogen-bond acceptors (Lipinski definition) is 4. The average Bonchev–Trinajstić information content (AvgIpc) is 2.93. The zero-order valence-corrected chi connectivity index (χ0v) is 12.0. The summed E-state index contributed by atoms with van der Waals surface area (Å²) in [6.07, 6.45) is 1.25. The fraction of sp³-hybridized carbons (Fsp3) is 0.231. The molecule has 1 atom stereocenters. The van der Waals surface area contributed by atoms with E-state index in [0.717, 1.165) is 26.4 Å². The predicted molar refractivity (Wildman–Crippen MR) is 77.5 cm³/mol. The number of halogens is 1. The molecule has 19 heavy (non-hydrogen) atoms. The highest BCUT2D eigenvalue weighted by atomic mass is 35.5. The maximum Gasteiger partial charge on any atom is 0.131 e. The van der Waals surface area contributed by atoms with Crippen molar-refractivity contribution in [2.24, 2.45) is 7.05 Å². The Kier molecular flexibility index (Phi) is 3.05. The Morgan fingerprint density at radius 2 is 2.21 bits per heavy atom. The Morgan fingerprint density at radius 3 is 2.84 bits per heavy atom. The Morgan fingerprint density at radius 1 is 1.42 bits per heavy atom. The first-order valence-electron chi connectivity index (χ1n) is 5.82. The minimum absolute atomic E-state index is 0.447. The molecule has 0 saturated heterocycles. The summed E-state index contributed by atoms with van der Waals surface area (Å²) in [5.41, 5.74) is 1.96. The van der Waals surface area contributed by atoms with Crippen LogP contribution in [0.3, 0.4) is 0 Å². The third-order valence-corrected chi connectivity index (χ3v) is 4.39. The van der Waals surface area contributed by atoms with Gasteiger partial charge in [0, 0.05) is 29.1 Å². The van der Waals surface area contributed by atoms with Gasteiger partial charge in [-0.3, -0.25) is 4.68 Å². The summed E-state index contributed by atoms with van der Waals surface area (Å²) in [7, 11) is 1.89. The van der Waals surface area contributed by atoms with E-state index in [1.165, 1.54) is 11.3 Å². The molecule has 1 N–H and O–H groups in total. The van der Waals surface area contributed by atoms with Gasteiger partial charge in [0.1, 0.15) is 9.98 Å². The molecule has 3 rings (SSSR count). The van der Waals surface area contributed by atoms with E-state index < -0.39 is 6.10 Å². The van der Waals surface area contributed by atoms with Crippen LogP contribution in [0.2, 0.25) is 5.15 Å². The number of fused-ring (bicyclic) bond motifs is 1. The van der Waals surface area contributed by atoms with Crippen molar-refractivity contribution in [1.29, 1.82) is 0 Å². The van der Waals surface area contributed by atoms with Crippen molar-refractivity contribution >= 4 is 33.2 Å². The molecule has 3 heterocycles. The summed E-state index contributed by atoms with van der Waals surface area (Å²) < 4.78 is 1.80. The van der Waals surface area contributed by atoms with E-state index in [-0.39, 0.29) is 0 Å². The molecular weight excluding hydrogens is 282 g/mol. The van der Waals surface area contributed by atoms with Gasteiger partial charge >= 0.3 is 0 Å². The van der Waals surface area contributed by atoms with Crippen LogP contribution >= 0.6 is 22.9 Å². The van der Waals surface area contributed by atoms with E-state index in [9.17, 15) is 5.11 Å². The minimum Gasteiger partial charge on any atom is -0.388 e. The number of nitrogens with zero attached hydrogens (tertiary/aromatic N) is 3. The lowest BCUT2D eigenvalue weighted by molar-refractivity contribution is 0.203. The standard InChI is InChI=1S/C13H12ClN3OS/c1-7(18)11-5-9-8(10-3-4-15-17(10)2)6-12(14)16-13(9)19-11/h3-7,18H,1-2H3. The molecule has 0 spiro atoms. The number of aromatic nitrogens is 3. The summed E-state index contributed by atoms with van der Waals surface area (Å²) >= 11 is 7.55. The van der Waals surface area contributed by atoms with Gasteiger partial charge in [-0.25, -0.2) is 4.98 Å². The average molecular weight is 294 g/mol. The SMILES string of the molecule is CC(O)c1cc2c(-c3ccnn3C)cc(Cl)nc2s1. The molecule has 0 amide bonds. The van der Waals surface area contributed by atoms with Crippen LogP contribution in [0.4, 0.5) is 0 Å². The molecule has 0 radical (unpaired) electrons. The highest BCUT2D eigenvalue weighted by Crippen LogP contribution is 2.36. The smallest absolute Gasteiger partial charge is 0.131 e. The molecule has 6 heteroatoms. The first-order chi connectivity index (χ1) is 9.06. The topological polar surface area (TPSA) is 50.9 Å². The second-order valence-corrected chi connectivity index (χ2v) is 5.83. The van der Waals surface area contributed by atoms with E-state index in [0.29, 0.717) is 5.15 Å².